The second-order valence-corrected chi connectivity index (χ2v) is 4.98. The molecule has 1 aromatic heterocycles. The van der Waals surface area contributed by atoms with Crippen LogP contribution >= 0.6 is 0 Å². The summed E-state index contributed by atoms with van der Waals surface area (Å²) in [6, 6.07) is 0.897. The van der Waals surface area contributed by atoms with E-state index < -0.39 is 0 Å². The smallest absolute Gasteiger partial charge is 0.141 e. The molecule has 1 aromatic rings. The number of nitrogen functional groups attached to an aromatic ring is 1. The maximum absolute atomic E-state index is 5.52. The lowest BCUT2D eigenvalue weighted by molar-refractivity contribution is 0.120. The molecule has 3 rings (SSSR count). The van der Waals surface area contributed by atoms with Crippen molar-refractivity contribution in [2.24, 2.45) is 0 Å². The summed E-state index contributed by atoms with van der Waals surface area (Å²) in [5, 5.41) is 0. The molecule has 17 heavy (non-hydrogen) atoms. The summed E-state index contributed by atoms with van der Waals surface area (Å²) in [5.41, 5.74) is 6.54. The molecular formula is C12H19N5. The third kappa shape index (κ3) is 2.73. The zero-order valence-electron chi connectivity index (χ0n) is 10.0. The second-order valence-electron chi connectivity index (χ2n) is 4.98. The van der Waals surface area contributed by atoms with Gasteiger partial charge >= 0.3 is 0 Å². The molecule has 0 aromatic carbocycles. The maximum atomic E-state index is 5.52. The van der Waals surface area contributed by atoms with Crippen molar-refractivity contribution in [1.29, 1.82) is 0 Å². The van der Waals surface area contributed by atoms with E-state index >= 15 is 0 Å². The Morgan fingerprint density at radius 3 is 2.47 bits per heavy atom. The topological polar surface area (TPSA) is 58.3 Å². The molecule has 5 heteroatoms. The molecule has 1 saturated carbocycles. The van der Waals surface area contributed by atoms with Crippen molar-refractivity contribution in [3.63, 3.8) is 0 Å². The summed E-state index contributed by atoms with van der Waals surface area (Å²) in [6.07, 6.45) is 6.23. The number of hydrogen-bond donors (Lipinski definition) is 1. The van der Waals surface area contributed by atoms with Crippen molar-refractivity contribution < 1.29 is 0 Å². The van der Waals surface area contributed by atoms with Crippen LogP contribution in [0.15, 0.2) is 12.4 Å². The summed E-state index contributed by atoms with van der Waals surface area (Å²) in [4.78, 5) is 13.4. The molecule has 2 fully saturated rings. The fraction of sp³-hybridized carbons (Fsp3) is 0.667. The Morgan fingerprint density at radius 2 is 1.88 bits per heavy atom. The number of rotatable bonds is 3. The highest BCUT2D eigenvalue weighted by Crippen LogP contribution is 2.27. The molecule has 5 nitrogen and oxygen atoms in total. The second kappa shape index (κ2) is 4.58. The molecule has 0 unspecified atom stereocenters. The first-order valence-electron chi connectivity index (χ1n) is 6.34. The predicted octanol–water partition coefficient (Wildman–Crippen LogP) is 0.339. The van der Waals surface area contributed by atoms with Crippen LogP contribution in [0.25, 0.3) is 0 Å². The predicted molar refractivity (Wildman–Crippen MR) is 66.3 cm³/mol. The van der Waals surface area contributed by atoms with E-state index in [1.165, 1.54) is 25.9 Å². The van der Waals surface area contributed by atoms with Crippen LogP contribution in [0.3, 0.4) is 0 Å². The molecule has 0 atom stereocenters. The Bertz CT molecular complexity index is 365. The zero-order chi connectivity index (χ0) is 11.7. The molecule has 0 radical (unpaired) electrons. The number of nitrogens with zero attached hydrogens (tertiary/aromatic N) is 4. The monoisotopic (exact) mass is 233 g/mol. The molecule has 92 valence electrons. The minimum atomic E-state index is 0.493. The SMILES string of the molecule is Nc1cnc(CN2CCN(C3CC3)CC2)cn1. The van der Waals surface area contributed by atoms with Crippen LogP contribution in [-0.4, -0.2) is 52.0 Å². The molecule has 1 aliphatic carbocycles. The van der Waals surface area contributed by atoms with Crippen molar-refractivity contribution in [3.05, 3.63) is 18.1 Å². The molecule has 1 aliphatic heterocycles. The van der Waals surface area contributed by atoms with Crippen LogP contribution in [0.4, 0.5) is 5.82 Å². The molecule has 2 N–H and O–H groups in total. The highest BCUT2D eigenvalue weighted by Gasteiger charge is 2.31. The quantitative estimate of drug-likeness (QED) is 0.816. The van der Waals surface area contributed by atoms with Gasteiger partial charge in [0, 0.05) is 38.8 Å². The van der Waals surface area contributed by atoms with Crippen LogP contribution in [0.2, 0.25) is 0 Å². The van der Waals surface area contributed by atoms with Gasteiger partial charge in [0.1, 0.15) is 5.82 Å². The normalized spacial score (nSPS) is 22.8. The standard InChI is InChI=1S/C12H19N5/c13-12-8-14-10(7-15-12)9-16-3-5-17(6-4-16)11-1-2-11/h7-8,11H,1-6,9H2,(H2,13,15). The van der Waals surface area contributed by atoms with E-state index in [0.29, 0.717) is 5.82 Å². The van der Waals surface area contributed by atoms with Crippen LogP contribution < -0.4 is 5.73 Å². The Labute approximate surface area is 102 Å². The minimum absolute atomic E-state index is 0.493. The maximum Gasteiger partial charge on any atom is 0.141 e. The number of anilines is 1. The van der Waals surface area contributed by atoms with Gasteiger partial charge in [0.05, 0.1) is 18.1 Å². The Balaban J connectivity index is 1.51. The number of piperazine rings is 1. The Hall–Kier alpha value is -1.20. The fourth-order valence-electron chi connectivity index (χ4n) is 2.40. The first kappa shape index (κ1) is 10.9. The lowest BCUT2D eigenvalue weighted by atomic mass is 10.3. The molecule has 0 bridgehead atoms. The van der Waals surface area contributed by atoms with E-state index in [1.54, 1.807) is 12.4 Å². The average Bonchev–Trinajstić information content (AvgIpc) is 3.17. The first-order chi connectivity index (χ1) is 8.31. The van der Waals surface area contributed by atoms with Crippen LogP contribution in [0.1, 0.15) is 18.5 Å². The fourth-order valence-corrected chi connectivity index (χ4v) is 2.40. The number of aromatic nitrogens is 2. The average molecular weight is 233 g/mol. The first-order valence-corrected chi connectivity index (χ1v) is 6.34. The van der Waals surface area contributed by atoms with Gasteiger partial charge in [0.2, 0.25) is 0 Å². The highest BCUT2D eigenvalue weighted by molar-refractivity contribution is 5.22. The van der Waals surface area contributed by atoms with E-state index in [9.17, 15) is 0 Å². The van der Waals surface area contributed by atoms with Gasteiger partial charge in [-0.1, -0.05) is 0 Å². The van der Waals surface area contributed by atoms with Crippen molar-refractivity contribution in [1.82, 2.24) is 19.8 Å². The highest BCUT2D eigenvalue weighted by atomic mass is 15.3. The zero-order valence-corrected chi connectivity index (χ0v) is 10.0. The molecule has 2 heterocycles. The molecule has 0 spiro atoms. The van der Waals surface area contributed by atoms with Gasteiger partial charge in [-0.15, -0.1) is 0 Å². The summed E-state index contributed by atoms with van der Waals surface area (Å²) >= 11 is 0. The van der Waals surface area contributed by atoms with Crippen LogP contribution in [0.5, 0.6) is 0 Å². The van der Waals surface area contributed by atoms with E-state index in [0.717, 1.165) is 31.4 Å². The van der Waals surface area contributed by atoms with Gasteiger partial charge in [-0.05, 0) is 12.8 Å². The Kier molecular flexibility index (Phi) is 2.94. The van der Waals surface area contributed by atoms with Gasteiger partial charge in [-0.2, -0.15) is 0 Å². The lowest BCUT2D eigenvalue weighted by Gasteiger charge is -2.34. The van der Waals surface area contributed by atoms with Gasteiger partial charge < -0.3 is 5.73 Å². The van der Waals surface area contributed by atoms with Crippen LogP contribution in [-0.2, 0) is 6.54 Å². The minimum Gasteiger partial charge on any atom is -0.382 e. The van der Waals surface area contributed by atoms with Crippen LogP contribution in [0, 0.1) is 0 Å². The van der Waals surface area contributed by atoms with E-state index in [1.807, 2.05) is 0 Å². The summed E-state index contributed by atoms with van der Waals surface area (Å²) in [6.45, 7) is 5.58. The molecular weight excluding hydrogens is 214 g/mol. The van der Waals surface area contributed by atoms with E-state index in [2.05, 4.69) is 19.8 Å². The van der Waals surface area contributed by atoms with Gasteiger partial charge in [-0.3, -0.25) is 14.8 Å². The third-order valence-corrected chi connectivity index (χ3v) is 3.58. The molecule has 0 amide bonds. The third-order valence-electron chi connectivity index (χ3n) is 3.58. The van der Waals surface area contributed by atoms with Crippen molar-refractivity contribution in [2.75, 3.05) is 31.9 Å². The van der Waals surface area contributed by atoms with Gasteiger partial charge in [0.15, 0.2) is 0 Å². The molecule has 1 saturated heterocycles. The van der Waals surface area contributed by atoms with Gasteiger partial charge in [-0.25, -0.2) is 4.98 Å². The van der Waals surface area contributed by atoms with Crippen molar-refractivity contribution >= 4 is 5.82 Å². The van der Waals surface area contributed by atoms with Gasteiger partial charge in [0.25, 0.3) is 0 Å². The summed E-state index contributed by atoms with van der Waals surface area (Å²) in [5.74, 6) is 0.493. The van der Waals surface area contributed by atoms with E-state index in [-0.39, 0.29) is 0 Å². The molecule has 2 aliphatic rings. The van der Waals surface area contributed by atoms with E-state index in [4.69, 9.17) is 5.73 Å². The number of nitrogens with two attached hydrogens (primary N) is 1. The van der Waals surface area contributed by atoms with Crippen molar-refractivity contribution in [3.8, 4) is 0 Å². The Morgan fingerprint density at radius 1 is 1.12 bits per heavy atom. The summed E-state index contributed by atoms with van der Waals surface area (Å²) in [7, 11) is 0. The summed E-state index contributed by atoms with van der Waals surface area (Å²) < 4.78 is 0. The lowest BCUT2D eigenvalue weighted by Crippen LogP contribution is -2.46. The number of hydrogen-bond acceptors (Lipinski definition) is 5. The largest absolute Gasteiger partial charge is 0.382 e. The van der Waals surface area contributed by atoms with Crippen molar-refractivity contribution in [2.45, 2.75) is 25.4 Å².